The van der Waals surface area contributed by atoms with Gasteiger partial charge >= 0.3 is 0 Å². The van der Waals surface area contributed by atoms with Crippen LogP contribution in [0.2, 0.25) is 0 Å². The lowest BCUT2D eigenvalue weighted by Gasteiger charge is -2.43. The predicted molar refractivity (Wildman–Crippen MR) is 80.1 cm³/mol. The van der Waals surface area contributed by atoms with Gasteiger partial charge in [-0.15, -0.1) is 0 Å². The van der Waals surface area contributed by atoms with Gasteiger partial charge < -0.3 is 14.4 Å². The maximum atomic E-state index is 12.7. The van der Waals surface area contributed by atoms with Crippen LogP contribution in [0.15, 0.2) is 16.7 Å². The molecule has 21 heavy (non-hydrogen) atoms. The first-order valence-corrected chi connectivity index (χ1v) is 8.07. The van der Waals surface area contributed by atoms with E-state index in [1.165, 1.54) is 0 Å². The number of aryl methyl sites for hydroxylation is 1. The summed E-state index contributed by atoms with van der Waals surface area (Å²) in [6, 6.07) is 1.97. The van der Waals surface area contributed by atoms with Crippen LogP contribution < -0.4 is 0 Å². The number of carbonyl (C=O) groups excluding carboxylic acids is 1. The Morgan fingerprint density at radius 3 is 2.86 bits per heavy atom. The van der Waals surface area contributed by atoms with Gasteiger partial charge in [0.05, 0.1) is 11.2 Å². The number of amides is 1. The van der Waals surface area contributed by atoms with Crippen LogP contribution >= 0.6 is 0 Å². The quantitative estimate of drug-likeness (QED) is 0.910. The molecule has 1 aromatic heterocycles. The summed E-state index contributed by atoms with van der Waals surface area (Å²) in [5, 5.41) is 10.7. The highest BCUT2D eigenvalue weighted by atomic mass is 16.3. The zero-order chi connectivity index (χ0) is 15.0. The number of nitrogens with zero attached hydrogens (tertiary/aromatic N) is 1. The standard InChI is InChI=1S/C17H25NO3/c1-12-10-13(11-21-12)16(19)18-9-5-7-15(18)14-6-3-4-8-17(14,2)20/h10-11,14-15,20H,3-9H2,1-2H3/t14-,15+,17+/m0/s1. The molecule has 1 saturated heterocycles. The maximum absolute atomic E-state index is 12.7. The van der Waals surface area contributed by atoms with Gasteiger partial charge in [0, 0.05) is 18.5 Å². The maximum Gasteiger partial charge on any atom is 0.257 e. The molecule has 4 nitrogen and oxygen atoms in total. The van der Waals surface area contributed by atoms with Gasteiger partial charge in [0.25, 0.3) is 5.91 Å². The molecule has 4 heteroatoms. The van der Waals surface area contributed by atoms with E-state index in [2.05, 4.69) is 0 Å². The molecule has 1 aromatic rings. The van der Waals surface area contributed by atoms with Gasteiger partial charge in [0.2, 0.25) is 0 Å². The molecule has 1 aliphatic heterocycles. The van der Waals surface area contributed by atoms with Gasteiger partial charge in [-0.2, -0.15) is 0 Å². The van der Waals surface area contributed by atoms with Crippen molar-refractivity contribution in [2.45, 2.75) is 64.0 Å². The lowest BCUT2D eigenvalue weighted by atomic mass is 9.72. The largest absolute Gasteiger partial charge is 0.469 e. The molecule has 116 valence electrons. The second kappa shape index (κ2) is 5.48. The Labute approximate surface area is 126 Å². The summed E-state index contributed by atoms with van der Waals surface area (Å²) >= 11 is 0. The van der Waals surface area contributed by atoms with Crippen molar-refractivity contribution in [2.75, 3.05) is 6.54 Å². The van der Waals surface area contributed by atoms with Crippen molar-refractivity contribution in [2.24, 2.45) is 5.92 Å². The second-order valence-electron chi connectivity index (χ2n) is 6.86. The third kappa shape index (κ3) is 2.73. The highest BCUT2D eigenvalue weighted by Gasteiger charge is 2.44. The van der Waals surface area contributed by atoms with Gasteiger partial charge in [0.15, 0.2) is 0 Å². The molecule has 0 bridgehead atoms. The molecule has 3 rings (SSSR count). The van der Waals surface area contributed by atoms with E-state index in [9.17, 15) is 9.90 Å². The summed E-state index contributed by atoms with van der Waals surface area (Å²) in [5.41, 5.74) is -0.00665. The highest BCUT2D eigenvalue weighted by Crippen LogP contribution is 2.41. The second-order valence-corrected chi connectivity index (χ2v) is 6.86. The summed E-state index contributed by atoms with van der Waals surface area (Å²) in [7, 11) is 0. The number of likely N-dealkylation sites (tertiary alicyclic amines) is 1. The number of furan rings is 1. The Kier molecular flexibility index (Phi) is 3.82. The van der Waals surface area contributed by atoms with Crippen LogP contribution in [0.5, 0.6) is 0 Å². The molecule has 0 unspecified atom stereocenters. The van der Waals surface area contributed by atoms with E-state index in [-0.39, 0.29) is 17.9 Å². The third-order valence-corrected chi connectivity index (χ3v) is 5.25. The van der Waals surface area contributed by atoms with Gasteiger partial charge in [-0.3, -0.25) is 4.79 Å². The minimum Gasteiger partial charge on any atom is -0.469 e. The molecule has 2 heterocycles. The van der Waals surface area contributed by atoms with Crippen molar-refractivity contribution in [3.63, 3.8) is 0 Å². The molecule has 2 fully saturated rings. The van der Waals surface area contributed by atoms with E-state index < -0.39 is 5.60 Å². The molecular formula is C17H25NO3. The normalized spacial score (nSPS) is 33.4. The highest BCUT2D eigenvalue weighted by molar-refractivity contribution is 5.94. The molecule has 0 aromatic carbocycles. The van der Waals surface area contributed by atoms with E-state index in [0.29, 0.717) is 5.56 Å². The van der Waals surface area contributed by atoms with E-state index in [1.807, 2.05) is 18.7 Å². The topological polar surface area (TPSA) is 53.7 Å². The fourth-order valence-corrected chi connectivity index (χ4v) is 4.13. The molecule has 3 atom stereocenters. The SMILES string of the molecule is Cc1cc(C(=O)N2CCC[C@@H]2[C@@H]2CCCC[C@@]2(C)O)co1. The Morgan fingerprint density at radius 1 is 1.38 bits per heavy atom. The van der Waals surface area contributed by atoms with Crippen molar-refractivity contribution >= 4 is 5.91 Å². The van der Waals surface area contributed by atoms with E-state index in [0.717, 1.165) is 50.8 Å². The number of rotatable bonds is 2. The zero-order valence-corrected chi connectivity index (χ0v) is 13.0. The summed E-state index contributed by atoms with van der Waals surface area (Å²) in [5.74, 6) is 1.01. The average Bonchev–Trinajstić information content (AvgIpc) is 3.06. The lowest BCUT2D eigenvalue weighted by Crippen LogP contribution is -2.50. The lowest BCUT2D eigenvalue weighted by molar-refractivity contribution is -0.0577. The van der Waals surface area contributed by atoms with Crippen molar-refractivity contribution in [1.29, 1.82) is 0 Å². The number of carbonyl (C=O) groups is 1. The number of aliphatic hydroxyl groups is 1. The van der Waals surface area contributed by atoms with Gasteiger partial charge in [0.1, 0.15) is 12.0 Å². The monoisotopic (exact) mass is 291 g/mol. The predicted octanol–water partition coefficient (Wildman–Crippen LogP) is 3.13. The molecule has 0 spiro atoms. The first kappa shape index (κ1) is 14.6. The van der Waals surface area contributed by atoms with Crippen LogP contribution in [0.25, 0.3) is 0 Å². The zero-order valence-electron chi connectivity index (χ0n) is 13.0. The first-order valence-electron chi connectivity index (χ1n) is 8.07. The fraction of sp³-hybridized carbons (Fsp3) is 0.706. The van der Waals surface area contributed by atoms with E-state index in [4.69, 9.17) is 4.42 Å². The summed E-state index contributed by atoms with van der Waals surface area (Å²) in [6.45, 7) is 4.59. The van der Waals surface area contributed by atoms with Crippen molar-refractivity contribution in [3.05, 3.63) is 23.7 Å². The van der Waals surface area contributed by atoms with Gasteiger partial charge in [-0.05, 0) is 45.6 Å². The van der Waals surface area contributed by atoms with Gasteiger partial charge in [-0.25, -0.2) is 0 Å². The van der Waals surface area contributed by atoms with Crippen LogP contribution in [0.1, 0.15) is 61.6 Å². The summed E-state index contributed by atoms with van der Waals surface area (Å²) < 4.78 is 5.27. The number of hydrogen-bond donors (Lipinski definition) is 1. The fourth-order valence-electron chi connectivity index (χ4n) is 4.13. The van der Waals surface area contributed by atoms with E-state index in [1.54, 1.807) is 12.3 Å². The Bertz CT molecular complexity index is 520. The average molecular weight is 291 g/mol. The molecule has 1 N–H and O–H groups in total. The number of hydrogen-bond acceptors (Lipinski definition) is 3. The summed E-state index contributed by atoms with van der Waals surface area (Å²) in [6.07, 6.45) is 7.69. The Hall–Kier alpha value is -1.29. The van der Waals surface area contributed by atoms with Crippen LogP contribution in [-0.2, 0) is 0 Å². The molecule has 1 saturated carbocycles. The summed E-state index contributed by atoms with van der Waals surface area (Å²) in [4.78, 5) is 14.7. The minimum atomic E-state index is -0.641. The van der Waals surface area contributed by atoms with Crippen molar-refractivity contribution in [3.8, 4) is 0 Å². The Morgan fingerprint density at radius 2 is 2.19 bits per heavy atom. The molecule has 2 aliphatic rings. The van der Waals surface area contributed by atoms with Gasteiger partial charge in [-0.1, -0.05) is 12.8 Å². The van der Waals surface area contributed by atoms with Crippen molar-refractivity contribution in [1.82, 2.24) is 4.90 Å². The molecule has 0 radical (unpaired) electrons. The molecule has 1 amide bonds. The van der Waals surface area contributed by atoms with Crippen LogP contribution in [0, 0.1) is 12.8 Å². The smallest absolute Gasteiger partial charge is 0.257 e. The molecule has 1 aliphatic carbocycles. The molecular weight excluding hydrogens is 266 g/mol. The van der Waals surface area contributed by atoms with Crippen LogP contribution in [-0.4, -0.2) is 34.1 Å². The van der Waals surface area contributed by atoms with E-state index >= 15 is 0 Å². The minimum absolute atomic E-state index is 0.0516. The van der Waals surface area contributed by atoms with Crippen molar-refractivity contribution < 1.29 is 14.3 Å². The Balaban J connectivity index is 1.80. The van der Waals surface area contributed by atoms with Crippen LogP contribution in [0.3, 0.4) is 0 Å². The first-order chi connectivity index (χ1) is 9.99. The third-order valence-electron chi connectivity index (χ3n) is 5.25. The van der Waals surface area contributed by atoms with Crippen LogP contribution in [0.4, 0.5) is 0 Å².